The fourth-order valence-electron chi connectivity index (χ4n) is 4.15. The van der Waals surface area contributed by atoms with Gasteiger partial charge >= 0.3 is 6.09 Å². The zero-order valence-electron chi connectivity index (χ0n) is 17.5. The van der Waals surface area contributed by atoms with Crippen molar-refractivity contribution in [3.05, 3.63) is 53.9 Å². The lowest BCUT2D eigenvalue weighted by Gasteiger charge is -2.32. The molecule has 164 valence electrons. The smallest absolute Gasteiger partial charge is 0.414 e. The van der Waals surface area contributed by atoms with Crippen molar-refractivity contribution in [2.24, 2.45) is 0 Å². The largest absolute Gasteiger partial charge is 0.442 e. The maximum Gasteiger partial charge on any atom is 0.414 e. The Morgan fingerprint density at radius 1 is 1.29 bits per heavy atom. The maximum atomic E-state index is 14.9. The number of rotatable bonds is 6. The third-order valence-electron chi connectivity index (χ3n) is 5.78. The Hall–Kier alpha value is -3.07. The molecular weight excluding hydrogens is 401 g/mol. The Labute approximate surface area is 180 Å². The third-order valence-corrected chi connectivity index (χ3v) is 5.78. The highest BCUT2D eigenvalue weighted by atomic mass is 19.1. The van der Waals surface area contributed by atoms with Gasteiger partial charge in [-0.05, 0) is 49.5 Å². The minimum Gasteiger partial charge on any atom is -0.442 e. The predicted octanol–water partition coefficient (Wildman–Crippen LogP) is 2.46. The first-order valence-electron chi connectivity index (χ1n) is 10.5. The van der Waals surface area contributed by atoms with Crippen LogP contribution in [0.1, 0.15) is 36.9 Å². The van der Waals surface area contributed by atoms with E-state index in [9.17, 15) is 14.0 Å². The Morgan fingerprint density at radius 2 is 2.10 bits per heavy atom. The van der Waals surface area contributed by atoms with E-state index in [1.807, 2.05) is 0 Å². The molecule has 0 unspecified atom stereocenters. The SMILES string of the molecule is CC(=O)NC[C@H]1CN(c2ccc(C3CCN(Cc4cnccn4)CC3)c(F)c2)C(=O)O1. The average molecular weight is 427 g/mol. The van der Waals surface area contributed by atoms with E-state index < -0.39 is 12.2 Å². The number of nitrogens with one attached hydrogen (secondary N) is 1. The van der Waals surface area contributed by atoms with Crippen molar-refractivity contribution < 1.29 is 18.7 Å². The molecule has 31 heavy (non-hydrogen) atoms. The summed E-state index contributed by atoms with van der Waals surface area (Å²) in [6.07, 6.45) is 5.87. The lowest BCUT2D eigenvalue weighted by molar-refractivity contribution is -0.119. The summed E-state index contributed by atoms with van der Waals surface area (Å²) in [6, 6.07) is 4.96. The van der Waals surface area contributed by atoms with Crippen molar-refractivity contribution in [3.63, 3.8) is 0 Å². The van der Waals surface area contributed by atoms with Gasteiger partial charge in [0.25, 0.3) is 0 Å². The molecule has 4 rings (SSSR count). The summed E-state index contributed by atoms with van der Waals surface area (Å²) in [6.45, 7) is 4.41. The number of amides is 2. The molecule has 3 heterocycles. The van der Waals surface area contributed by atoms with Crippen molar-refractivity contribution in [3.8, 4) is 0 Å². The average Bonchev–Trinajstić information content (AvgIpc) is 3.14. The van der Waals surface area contributed by atoms with E-state index >= 15 is 0 Å². The van der Waals surface area contributed by atoms with Crippen LogP contribution in [0.4, 0.5) is 14.9 Å². The molecule has 1 atom stereocenters. The van der Waals surface area contributed by atoms with Gasteiger partial charge in [0.1, 0.15) is 11.9 Å². The number of anilines is 1. The minimum absolute atomic E-state index is 0.144. The van der Waals surface area contributed by atoms with Gasteiger partial charge < -0.3 is 10.1 Å². The molecule has 2 saturated heterocycles. The van der Waals surface area contributed by atoms with Gasteiger partial charge in [0.05, 0.1) is 24.5 Å². The Kier molecular flexibility index (Phi) is 6.41. The van der Waals surface area contributed by atoms with Gasteiger partial charge in [0.15, 0.2) is 0 Å². The van der Waals surface area contributed by atoms with E-state index in [-0.39, 0.29) is 30.7 Å². The highest BCUT2D eigenvalue weighted by molar-refractivity contribution is 5.89. The number of ether oxygens (including phenoxy) is 1. The van der Waals surface area contributed by atoms with E-state index in [4.69, 9.17) is 4.74 Å². The van der Waals surface area contributed by atoms with Crippen LogP contribution >= 0.6 is 0 Å². The van der Waals surface area contributed by atoms with Crippen molar-refractivity contribution in [1.82, 2.24) is 20.2 Å². The number of carbonyl (C=O) groups excluding carboxylic acids is 2. The van der Waals surface area contributed by atoms with Crippen LogP contribution in [-0.2, 0) is 16.1 Å². The Morgan fingerprint density at radius 3 is 2.77 bits per heavy atom. The molecule has 1 aromatic heterocycles. The normalized spacial score (nSPS) is 20.0. The van der Waals surface area contributed by atoms with Crippen LogP contribution in [0.5, 0.6) is 0 Å². The topological polar surface area (TPSA) is 87.7 Å². The predicted molar refractivity (Wildman–Crippen MR) is 112 cm³/mol. The second kappa shape index (κ2) is 9.38. The van der Waals surface area contributed by atoms with E-state index in [0.717, 1.165) is 38.2 Å². The molecule has 0 spiro atoms. The number of benzene rings is 1. The summed E-state index contributed by atoms with van der Waals surface area (Å²) >= 11 is 0. The zero-order chi connectivity index (χ0) is 21.8. The van der Waals surface area contributed by atoms with E-state index in [1.54, 1.807) is 30.7 Å². The lowest BCUT2D eigenvalue weighted by atomic mass is 9.89. The molecule has 2 fully saturated rings. The van der Waals surface area contributed by atoms with Gasteiger partial charge in [-0.25, -0.2) is 9.18 Å². The zero-order valence-corrected chi connectivity index (χ0v) is 17.5. The van der Waals surface area contributed by atoms with Crippen molar-refractivity contribution >= 4 is 17.7 Å². The standard InChI is InChI=1S/C22H26FN5O3/c1-15(29)26-12-19-14-28(22(30)31-19)18-2-3-20(21(23)10-18)16-4-8-27(9-5-16)13-17-11-24-6-7-25-17/h2-3,6-7,10-11,16,19H,4-5,8-9,12-14H2,1H3,(H,26,29)/t19-/m0/s1. The fraction of sp³-hybridized carbons (Fsp3) is 0.455. The summed E-state index contributed by atoms with van der Waals surface area (Å²) in [7, 11) is 0. The highest BCUT2D eigenvalue weighted by Gasteiger charge is 2.33. The molecule has 0 saturated carbocycles. The minimum atomic E-state index is -0.528. The first-order valence-corrected chi connectivity index (χ1v) is 10.5. The summed E-state index contributed by atoms with van der Waals surface area (Å²) in [5, 5.41) is 2.63. The number of likely N-dealkylation sites (tertiary alicyclic amines) is 1. The highest BCUT2D eigenvalue weighted by Crippen LogP contribution is 2.33. The Balaban J connectivity index is 1.35. The third kappa shape index (κ3) is 5.16. The molecule has 8 nitrogen and oxygen atoms in total. The van der Waals surface area contributed by atoms with E-state index in [0.29, 0.717) is 11.3 Å². The molecule has 0 aliphatic carbocycles. The number of hydrogen-bond donors (Lipinski definition) is 1. The molecule has 2 amide bonds. The van der Waals surface area contributed by atoms with Gasteiger partial charge in [-0.2, -0.15) is 0 Å². The number of halogens is 1. The number of carbonyl (C=O) groups is 2. The summed E-state index contributed by atoms with van der Waals surface area (Å²) < 4.78 is 20.2. The molecule has 2 aliphatic heterocycles. The van der Waals surface area contributed by atoms with Crippen LogP contribution in [-0.4, -0.2) is 59.2 Å². The number of cyclic esters (lactones) is 1. The second-order valence-electron chi connectivity index (χ2n) is 8.01. The van der Waals surface area contributed by atoms with E-state index in [2.05, 4.69) is 20.2 Å². The fourth-order valence-corrected chi connectivity index (χ4v) is 4.15. The van der Waals surface area contributed by atoms with Crippen LogP contribution in [0, 0.1) is 5.82 Å². The van der Waals surface area contributed by atoms with Gasteiger partial charge in [0, 0.05) is 32.1 Å². The molecule has 2 aliphatic rings. The van der Waals surface area contributed by atoms with Gasteiger partial charge in [-0.1, -0.05) is 6.07 Å². The van der Waals surface area contributed by atoms with Crippen LogP contribution in [0.3, 0.4) is 0 Å². The summed E-state index contributed by atoms with van der Waals surface area (Å²) in [5.41, 5.74) is 2.09. The van der Waals surface area contributed by atoms with Gasteiger partial charge in [0.2, 0.25) is 5.91 Å². The van der Waals surface area contributed by atoms with Crippen LogP contribution in [0.15, 0.2) is 36.8 Å². The van der Waals surface area contributed by atoms with Crippen LogP contribution in [0.2, 0.25) is 0 Å². The molecule has 0 radical (unpaired) electrons. The Bertz CT molecular complexity index is 934. The summed E-state index contributed by atoms with van der Waals surface area (Å²) in [4.78, 5) is 35.3. The van der Waals surface area contributed by atoms with Crippen molar-refractivity contribution in [2.45, 2.75) is 38.3 Å². The monoisotopic (exact) mass is 427 g/mol. The van der Waals surface area contributed by atoms with Gasteiger partial charge in [-0.15, -0.1) is 0 Å². The van der Waals surface area contributed by atoms with Crippen molar-refractivity contribution in [2.75, 3.05) is 31.1 Å². The number of nitrogens with zero attached hydrogens (tertiary/aromatic N) is 4. The molecule has 0 bridgehead atoms. The number of piperidine rings is 1. The molecule has 2 aromatic rings. The van der Waals surface area contributed by atoms with Crippen LogP contribution in [0.25, 0.3) is 0 Å². The molecule has 1 aromatic carbocycles. The second-order valence-corrected chi connectivity index (χ2v) is 8.01. The number of hydrogen-bond acceptors (Lipinski definition) is 6. The van der Waals surface area contributed by atoms with Crippen molar-refractivity contribution in [1.29, 1.82) is 0 Å². The van der Waals surface area contributed by atoms with Crippen LogP contribution < -0.4 is 10.2 Å². The van der Waals surface area contributed by atoms with Gasteiger partial charge in [-0.3, -0.25) is 24.6 Å². The first kappa shape index (κ1) is 21.2. The van der Waals surface area contributed by atoms with E-state index in [1.165, 1.54) is 17.9 Å². The quantitative estimate of drug-likeness (QED) is 0.762. The molecule has 1 N–H and O–H groups in total. The summed E-state index contributed by atoms with van der Waals surface area (Å²) in [5.74, 6) is -0.346. The first-order chi connectivity index (χ1) is 15.0. The lowest BCUT2D eigenvalue weighted by Crippen LogP contribution is -2.33. The maximum absolute atomic E-state index is 14.9. The molecule has 9 heteroatoms. The number of aromatic nitrogens is 2. The molecular formula is C22H26FN5O3.